The number of hydrogen-bond donors (Lipinski definition) is 1. The first kappa shape index (κ1) is 15.4. The van der Waals surface area contributed by atoms with Crippen molar-refractivity contribution in [3.05, 3.63) is 54.1 Å². The van der Waals surface area contributed by atoms with Gasteiger partial charge in [0.15, 0.2) is 0 Å². The molecule has 0 saturated heterocycles. The van der Waals surface area contributed by atoms with E-state index in [-0.39, 0.29) is 5.91 Å². The van der Waals surface area contributed by atoms with Gasteiger partial charge in [0, 0.05) is 28.4 Å². The summed E-state index contributed by atoms with van der Waals surface area (Å²) in [5.74, 6) is 0.947. The SMILES string of the molecule is CC.Nc1ccc2c(c1)N(C(=O)c1ccccc1)CCS2. The number of rotatable bonds is 1. The van der Waals surface area contributed by atoms with E-state index < -0.39 is 0 Å². The van der Waals surface area contributed by atoms with Crippen molar-refractivity contribution in [3.63, 3.8) is 0 Å². The van der Waals surface area contributed by atoms with Gasteiger partial charge in [0.25, 0.3) is 5.91 Å². The molecule has 2 N–H and O–H groups in total. The van der Waals surface area contributed by atoms with E-state index in [0.717, 1.165) is 22.9 Å². The maximum atomic E-state index is 12.5. The summed E-state index contributed by atoms with van der Waals surface area (Å²) >= 11 is 1.76. The monoisotopic (exact) mass is 300 g/mol. The zero-order chi connectivity index (χ0) is 15.2. The fourth-order valence-corrected chi connectivity index (χ4v) is 3.16. The van der Waals surface area contributed by atoms with Crippen LogP contribution in [0.3, 0.4) is 0 Å². The Bertz CT molecular complexity index is 613. The summed E-state index contributed by atoms with van der Waals surface area (Å²) in [4.78, 5) is 15.5. The summed E-state index contributed by atoms with van der Waals surface area (Å²) in [5, 5.41) is 0. The lowest BCUT2D eigenvalue weighted by Gasteiger charge is -2.29. The molecule has 0 radical (unpaired) electrons. The summed E-state index contributed by atoms with van der Waals surface area (Å²) in [5.41, 5.74) is 8.16. The minimum Gasteiger partial charge on any atom is -0.399 e. The van der Waals surface area contributed by atoms with E-state index in [2.05, 4.69) is 0 Å². The first-order chi connectivity index (χ1) is 10.3. The number of nitrogen functional groups attached to an aromatic ring is 1. The Hall–Kier alpha value is -1.94. The van der Waals surface area contributed by atoms with Crippen LogP contribution in [0.25, 0.3) is 0 Å². The lowest BCUT2D eigenvalue weighted by Crippen LogP contribution is -2.35. The normalized spacial score (nSPS) is 13.0. The highest BCUT2D eigenvalue weighted by atomic mass is 32.2. The summed E-state index contributed by atoms with van der Waals surface area (Å²) in [7, 11) is 0. The number of benzene rings is 2. The quantitative estimate of drug-likeness (QED) is 0.808. The highest BCUT2D eigenvalue weighted by molar-refractivity contribution is 7.99. The van der Waals surface area contributed by atoms with Crippen molar-refractivity contribution in [2.24, 2.45) is 0 Å². The van der Waals surface area contributed by atoms with Crippen LogP contribution in [-0.2, 0) is 0 Å². The minimum atomic E-state index is 0.0350. The molecule has 2 aromatic carbocycles. The number of amides is 1. The molecule has 1 aliphatic rings. The average molecular weight is 300 g/mol. The number of fused-ring (bicyclic) bond motifs is 1. The molecular formula is C17H20N2OS. The van der Waals surface area contributed by atoms with E-state index in [0.29, 0.717) is 11.3 Å². The standard InChI is InChI=1S/C15H14N2OS.C2H6/c16-12-6-7-14-13(10-12)17(8-9-19-14)15(18)11-4-2-1-3-5-11;1-2/h1-7,10H,8-9,16H2;1-2H3. The second-order valence-corrected chi connectivity index (χ2v) is 5.54. The fraction of sp³-hybridized carbons (Fsp3) is 0.235. The van der Waals surface area contributed by atoms with E-state index in [1.807, 2.05) is 67.3 Å². The maximum absolute atomic E-state index is 12.5. The van der Waals surface area contributed by atoms with Crippen LogP contribution >= 0.6 is 11.8 Å². The third kappa shape index (κ3) is 3.39. The topological polar surface area (TPSA) is 46.3 Å². The van der Waals surface area contributed by atoms with Gasteiger partial charge in [-0.2, -0.15) is 0 Å². The second kappa shape index (κ2) is 7.18. The zero-order valence-electron chi connectivity index (χ0n) is 12.4. The molecule has 3 nitrogen and oxygen atoms in total. The van der Waals surface area contributed by atoms with Crippen LogP contribution < -0.4 is 10.6 Å². The van der Waals surface area contributed by atoms with E-state index in [4.69, 9.17) is 5.73 Å². The molecule has 0 fully saturated rings. The lowest BCUT2D eigenvalue weighted by atomic mass is 10.1. The predicted molar refractivity (Wildman–Crippen MR) is 91.0 cm³/mol. The van der Waals surface area contributed by atoms with E-state index in [1.165, 1.54) is 0 Å². The van der Waals surface area contributed by atoms with Gasteiger partial charge in [-0.1, -0.05) is 32.0 Å². The molecule has 1 heterocycles. The lowest BCUT2D eigenvalue weighted by molar-refractivity contribution is 0.0987. The first-order valence-corrected chi connectivity index (χ1v) is 8.13. The number of nitrogens with two attached hydrogens (primary N) is 1. The van der Waals surface area contributed by atoms with Crippen LogP contribution in [0.2, 0.25) is 0 Å². The Balaban J connectivity index is 0.000000774. The van der Waals surface area contributed by atoms with Crippen molar-refractivity contribution < 1.29 is 4.79 Å². The van der Waals surface area contributed by atoms with Gasteiger partial charge >= 0.3 is 0 Å². The number of carbonyl (C=O) groups excluding carboxylic acids is 1. The summed E-state index contributed by atoms with van der Waals surface area (Å²) in [6.07, 6.45) is 0. The van der Waals surface area contributed by atoms with Gasteiger partial charge in [-0.15, -0.1) is 11.8 Å². The molecule has 0 saturated carbocycles. The minimum absolute atomic E-state index is 0.0350. The van der Waals surface area contributed by atoms with E-state index in [1.54, 1.807) is 11.8 Å². The first-order valence-electron chi connectivity index (χ1n) is 7.15. The number of anilines is 2. The van der Waals surface area contributed by atoms with Gasteiger partial charge in [-0.3, -0.25) is 4.79 Å². The van der Waals surface area contributed by atoms with Gasteiger partial charge in [-0.05, 0) is 30.3 Å². The number of nitrogens with zero attached hydrogens (tertiary/aromatic N) is 1. The molecule has 2 aromatic rings. The average Bonchev–Trinajstić information content (AvgIpc) is 2.56. The Labute approximate surface area is 130 Å². The van der Waals surface area contributed by atoms with Crippen molar-refractivity contribution in [1.29, 1.82) is 0 Å². The van der Waals surface area contributed by atoms with Crippen LogP contribution in [0, 0.1) is 0 Å². The van der Waals surface area contributed by atoms with Gasteiger partial charge < -0.3 is 10.6 Å². The largest absolute Gasteiger partial charge is 0.399 e. The van der Waals surface area contributed by atoms with Gasteiger partial charge in [-0.25, -0.2) is 0 Å². The molecule has 4 heteroatoms. The van der Waals surface area contributed by atoms with Crippen molar-refractivity contribution in [2.45, 2.75) is 18.7 Å². The third-order valence-electron chi connectivity index (χ3n) is 3.11. The molecule has 1 aliphatic heterocycles. The number of carbonyl (C=O) groups is 1. The fourth-order valence-electron chi connectivity index (χ4n) is 2.18. The number of hydrogen-bond acceptors (Lipinski definition) is 3. The Morgan fingerprint density at radius 2 is 1.86 bits per heavy atom. The Kier molecular flexibility index (Phi) is 5.28. The molecular weight excluding hydrogens is 280 g/mol. The molecule has 0 atom stereocenters. The number of thioether (sulfide) groups is 1. The third-order valence-corrected chi connectivity index (χ3v) is 4.16. The van der Waals surface area contributed by atoms with Crippen molar-refractivity contribution >= 4 is 29.0 Å². The molecule has 21 heavy (non-hydrogen) atoms. The van der Waals surface area contributed by atoms with Crippen LogP contribution in [-0.4, -0.2) is 18.2 Å². The zero-order valence-corrected chi connectivity index (χ0v) is 13.2. The van der Waals surface area contributed by atoms with Crippen LogP contribution in [0.15, 0.2) is 53.4 Å². The predicted octanol–water partition coefficient (Wildman–Crippen LogP) is 4.05. The molecule has 110 valence electrons. The molecule has 3 rings (SSSR count). The highest BCUT2D eigenvalue weighted by Gasteiger charge is 2.23. The molecule has 0 aliphatic carbocycles. The van der Waals surface area contributed by atoms with Crippen LogP contribution in [0.5, 0.6) is 0 Å². The van der Waals surface area contributed by atoms with Crippen molar-refractivity contribution in [2.75, 3.05) is 22.9 Å². The molecule has 0 aromatic heterocycles. The molecule has 1 amide bonds. The summed E-state index contributed by atoms with van der Waals surface area (Å²) in [6.45, 7) is 4.72. The second-order valence-electron chi connectivity index (χ2n) is 4.40. The Morgan fingerprint density at radius 1 is 1.14 bits per heavy atom. The Morgan fingerprint density at radius 3 is 2.57 bits per heavy atom. The molecule has 0 bridgehead atoms. The molecule has 0 spiro atoms. The summed E-state index contributed by atoms with van der Waals surface area (Å²) < 4.78 is 0. The van der Waals surface area contributed by atoms with Gasteiger partial charge in [0.05, 0.1) is 5.69 Å². The van der Waals surface area contributed by atoms with Crippen molar-refractivity contribution in [3.8, 4) is 0 Å². The van der Waals surface area contributed by atoms with Gasteiger partial charge in [0.2, 0.25) is 0 Å². The van der Waals surface area contributed by atoms with Crippen LogP contribution in [0.1, 0.15) is 24.2 Å². The van der Waals surface area contributed by atoms with Crippen LogP contribution in [0.4, 0.5) is 11.4 Å². The maximum Gasteiger partial charge on any atom is 0.258 e. The van der Waals surface area contributed by atoms with E-state index >= 15 is 0 Å². The highest BCUT2D eigenvalue weighted by Crippen LogP contribution is 2.36. The summed E-state index contributed by atoms with van der Waals surface area (Å²) in [6, 6.07) is 15.1. The molecule has 0 unspecified atom stereocenters. The van der Waals surface area contributed by atoms with Gasteiger partial charge in [0.1, 0.15) is 0 Å². The van der Waals surface area contributed by atoms with E-state index in [9.17, 15) is 4.79 Å². The van der Waals surface area contributed by atoms with Crippen molar-refractivity contribution in [1.82, 2.24) is 0 Å². The smallest absolute Gasteiger partial charge is 0.258 e.